The minimum absolute atomic E-state index is 0.0486. The predicted octanol–water partition coefficient (Wildman–Crippen LogP) is 4.31. The molecule has 1 heterocycles. The third-order valence-electron chi connectivity index (χ3n) is 3.20. The summed E-state index contributed by atoms with van der Waals surface area (Å²) < 4.78 is 0.237. The molecule has 0 bridgehead atoms. The summed E-state index contributed by atoms with van der Waals surface area (Å²) >= 11 is 3.50. The number of thioether (sulfide) groups is 1. The fourth-order valence-corrected chi connectivity index (χ4v) is 3.81. The highest BCUT2D eigenvalue weighted by Gasteiger charge is 2.13. The SMILES string of the molecule is Cc1sc(-c2ccccc2)nc1CC(=O)NCCSC(C)(C)C. The van der Waals surface area contributed by atoms with Crippen molar-refractivity contribution in [2.75, 3.05) is 12.3 Å². The van der Waals surface area contributed by atoms with Gasteiger partial charge in [-0.15, -0.1) is 11.3 Å². The van der Waals surface area contributed by atoms with Crippen LogP contribution in [0.1, 0.15) is 31.3 Å². The lowest BCUT2D eigenvalue weighted by Crippen LogP contribution is -2.28. The number of carbonyl (C=O) groups excluding carboxylic acids is 1. The molecule has 0 unspecified atom stereocenters. The summed E-state index contributed by atoms with van der Waals surface area (Å²) in [5.74, 6) is 0.980. The van der Waals surface area contributed by atoms with Gasteiger partial charge in [0.05, 0.1) is 12.1 Å². The smallest absolute Gasteiger partial charge is 0.226 e. The highest BCUT2D eigenvalue weighted by atomic mass is 32.2. The second kappa shape index (κ2) is 7.97. The number of amides is 1. The first-order valence-corrected chi connectivity index (χ1v) is 9.58. The van der Waals surface area contributed by atoms with Crippen molar-refractivity contribution in [3.8, 4) is 10.6 Å². The van der Waals surface area contributed by atoms with Gasteiger partial charge < -0.3 is 5.32 Å². The van der Waals surface area contributed by atoms with Crippen molar-refractivity contribution in [3.63, 3.8) is 0 Å². The minimum atomic E-state index is 0.0486. The number of carbonyl (C=O) groups is 1. The van der Waals surface area contributed by atoms with E-state index in [9.17, 15) is 4.79 Å². The van der Waals surface area contributed by atoms with Crippen LogP contribution in [0.15, 0.2) is 30.3 Å². The van der Waals surface area contributed by atoms with E-state index in [0.29, 0.717) is 13.0 Å². The molecule has 0 atom stereocenters. The topological polar surface area (TPSA) is 42.0 Å². The molecule has 1 N–H and O–H groups in total. The molecule has 1 aromatic carbocycles. The maximum atomic E-state index is 12.1. The quantitative estimate of drug-likeness (QED) is 0.791. The lowest BCUT2D eigenvalue weighted by molar-refractivity contribution is -0.120. The number of aryl methyl sites for hydroxylation is 1. The first-order chi connectivity index (χ1) is 10.8. The molecule has 0 aliphatic rings. The van der Waals surface area contributed by atoms with E-state index >= 15 is 0 Å². The van der Waals surface area contributed by atoms with Gasteiger partial charge in [-0.3, -0.25) is 4.79 Å². The standard InChI is InChI=1S/C18H24N2OS2/c1-13-15(12-16(21)19-10-11-22-18(2,3)4)20-17(23-13)14-8-6-5-7-9-14/h5-9H,10-12H2,1-4H3,(H,19,21). The molecule has 0 fully saturated rings. The maximum absolute atomic E-state index is 12.1. The van der Waals surface area contributed by atoms with E-state index in [0.717, 1.165) is 26.9 Å². The molecular weight excluding hydrogens is 324 g/mol. The van der Waals surface area contributed by atoms with Crippen LogP contribution in [-0.4, -0.2) is 27.9 Å². The average Bonchev–Trinajstić information content (AvgIpc) is 2.85. The predicted molar refractivity (Wildman–Crippen MR) is 101 cm³/mol. The summed E-state index contributed by atoms with van der Waals surface area (Å²) in [6.45, 7) is 9.29. The number of nitrogens with zero attached hydrogens (tertiary/aromatic N) is 1. The van der Waals surface area contributed by atoms with Gasteiger partial charge in [0.1, 0.15) is 5.01 Å². The van der Waals surface area contributed by atoms with E-state index in [4.69, 9.17) is 0 Å². The molecule has 1 aromatic heterocycles. The van der Waals surface area contributed by atoms with Crippen molar-refractivity contribution in [2.45, 2.75) is 38.9 Å². The zero-order valence-corrected chi connectivity index (χ0v) is 15.8. The Hall–Kier alpha value is -1.33. The van der Waals surface area contributed by atoms with Gasteiger partial charge in [0.25, 0.3) is 0 Å². The minimum Gasteiger partial charge on any atom is -0.355 e. The van der Waals surface area contributed by atoms with E-state index in [1.807, 2.05) is 49.0 Å². The number of nitrogens with one attached hydrogen (secondary N) is 1. The molecule has 5 heteroatoms. The number of rotatable bonds is 6. The van der Waals surface area contributed by atoms with E-state index < -0.39 is 0 Å². The van der Waals surface area contributed by atoms with Crippen LogP contribution in [0.5, 0.6) is 0 Å². The molecule has 1 amide bonds. The van der Waals surface area contributed by atoms with Crippen LogP contribution in [-0.2, 0) is 11.2 Å². The number of thiazole rings is 1. The van der Waals surface area contributed by atoms with Gasteiger partial charge in [-0.2, -0.15) is 11.8 Å². The van der Waals surface area contributed by atoms with E-state index in [1.54, 1.807) is 11.3 Å². The number of aromatic nitrogens is 1. The van der Waals surface area contributed by atoms with E-state index in [1.165, 1.54) is 0 Å². The van der Waals surface area contributed by atoms with Crippen LogP contribution in [0.3, 0.4) is 0 Å². The molecule has 0 spiro atoms. The van der Waals surface area contributed by atoms with Crippen LogP contribution in [0.2, 0.25) is 0 Å². The van der Waals surface area contributed by atoms with Gasteiger partial charge in [-0.1, -0.05) is 51.1 Å². The van der Waals surface area contributed by atoms with Crippen LogP contribution >= 0.6 is 23.1 Å². The Kier molecular flexibility index (Phi) is 6.25. The summed E-state index contributed by atoms with van der Waals surface area (Å²) in [6, 6.07) is 10.1. The average molecular weight is 349 g/mol. The van der Waals surface area contributed by atoms with Gasteiger partial charge >= 0.3 is 0 Å². The summed E-state index contributed by atoms with van der Waals surface area (Å²) in [7, 11) is 0. The molecular formula is C18H24N2OS2. The Balaban J connectivity index is 1.88. The van der Waals surface area contributed by atoms with Crippen molar-refractivity contribution in [1.29, 1.82) is 0 Å². The Labute approximate surface area is 146 Å². The van der Waals surface area contributed by atoms with Gasteiger partial charge in [0.15, 0.2) is 0 Å². The molecule has 0 aliphatic heterocycles. The fraction of sp³-hybridized carbons (Fsp3) is 0.444. The summed E-state index contributed by atoms with van der Waals surface area (Å²) in [5.41, 5.74) is 1.99. The van der Waals surface area contributed by atoms with E-state index in [2.05, 4.69) is 31.1 Å². The molecule has 0 radical (unpaired) electrons. The van der Waals surface area contributed by atoms with Crippen molar-refractivity contribution >= 4 is 29.0 Å². The lowest BCUT2D eigenvalue weighted by Gasteiger charge is -2.17. The first-order valence-electron chi connectivity index (χ1n) is 7.77. The van der Waals surface area contributed by atoms with Crippen LogP contribution in [0, 0.1) is 6.92 Å². The molecule has 0 saturated carbocycles. The van der Waals surface area contributed by atoms with Crippen molar-refractivity contribution < 1.29 is 4.79 Å². The number of benzene rings is 1. The van der Waals surface area contributed by atoms with E-state index in [-0.39, 0.29) is 10.7 Å². The largest absolute Gasteiger partial charge is 0.355 e. The van der Waals surface area contributed by atoms with Crippen LogP contribution in [0.4, 0.5) is 0 Å². The van der Waals surface area contributed by atoms with Gasteiger partial charge in [0, 0.05) is 27.5 Å². The van der Waals surface area contributed by atoms with Crippen molar-refractivity contribution in [3.05, 3.63) is 40.9 Å². The third-order valence-corrected chi connectivity index (χ3v) is 5.54. The zero-order chi connectivity index (χ0) is 16.9. The Morgan fingerprint density at radius 2 is 1.96 bits per heavy atom. The summed E-state index contributed by atoms with van der Waals surface area (Å²) in [5, 5.41) is 3.97. The summed E-state index contributed by atoms with van der Waals surface area (Å²) in [4.78, 5) is 17.8. The van der Waals surface area contributed by atoms with Gasteiger partial charge in [0.2, 0.25) is 5.91 Å². The lowest BCUT2D eigenvalue weighted by atomic mass is 10.2. The van der Waals surface area contributed by atoms with Gasteiger partial charge in [-0.25, -0.2) is 4.98 Å². The fourth-order valence-electron chi connectivity index (χ4n) is 2.06. The Morgan fingerprint density at radius 1 is 1.26 bits per heavy atom. The molecule has 0 aliphatic carbocycles. The maximum Gasteiger partial charge on any atom is 0.226 e. The van der Waals surface area contributed by atoms with Crippen molar-refractivity contribution in [2.24, 2.45) is 0 Å². The normalized spacial score (nSPS) is 11.5. The molecule has 2 rings (SSSR count). The molecule has 23 heavy (non-hydrogen) atoms. The molecule has 3 nitrogen and oxygen atoms in total. The monoisotopic (exact) mass is 348 g/mol. The second-order valence-corrected chi connectivity index (χ2v) is 9.50. The summed E-state index contributed by atoms with van der Waals surface area (Å²) in [6.07, 6.45) is 0.356. The van der Waals surface area contributed by atoms with Crippen LogP contribution in [0.25, 0.3) is 10.6 Å². The van der Waals surface area contributed by atoms with Crippen LogP contribution < -0.4 is 5.32 Å². The molecule has 124 valence electrons. The van der Waals surface area contributed by atoms with Gasteiger partial charge in [-0.05, 0) is 6.92 Å². The highest BCUT2D eigenvalue weighted by Crippen LogP contribution is 2.27. The third kappa shape index (κ3) is 5.99. The van der Waals surface area contributed by atoms with Crippen molar-refractivity contribution in [1.82, 2.24) is 10.3 Å². The molecule has 2 aromatic rings. The number of hydrogen-bond donors (Lipinski definition) is 1. The second-order valence-electron chi connectivity index (χ2n) is 6.38. The Morgan fingerprint density at radius 3 is 2.61 bits per heavy atom. The zero-order valence-electron chi connectivity index (χ0n) is 14.2. The first kappa shape index (κ1) is 18.0. The molecule has 0 saturated heterocycles. The highest BCUT2D eigenvalue weighted by molar-refractivity contribution is 8.00. The Bertz CT molecular complexity index is 645. The number of hydrogen-bond acceptors (Lipinski definition) is 4.